The second-order valence-corrected chi connectivity index (χ2v) is 16.9. The molecule has 3 fully saturated rings. The van der Waals surface area contributed by atoms with Crippen LogP contribution in [0.3, 0.4) is 0 Å². The van der Waals surface area contributed by atoms with Crippen molar-refractivity contribution >= 4 is 5.69 Å². The summed E-state index contributed by atoms with van der Waals surface area (Å²) in [5.41, 5.74) is 15.8. The normalized spacial score (nSPS) is 34.5. The molecule has 0 spiro atoms. The summed E-state index contributed by atoms with van der Waals surface area (Å²) in [6.07, 6.45) is 51.5. The van der Waals surface area contributed by atoms with E-state index in [0.29, 0.717) is 41.9 Å². The maximum absolute atomic E-state index is 6.83. The van der Waals surface area contributed by atoms with Crippen LogP contribution in [-0.2, 0) is 4.74 Å². The molecular weight excluding hydrogens is 657 g/mol. The summed E-state index contributed by atoms with van der Waals surface area (Å²) < 4.78 is 6.83. The zero-order valence-corrected chi connectivity index (χ0v) is 31.7. The van der Waals surface area contributed by atoms with Gasteiger partial charge in [-0.2, -0.15) is 0 Å². The Labute approximate surface area is 322 Å². The summed E-state index contributed by atoms with van der Waals surface area (Å²) >= 11 is 0. The average Bonchev–Trinajstić information content (AvgIpc) is 3.68. The number of benzene rings is 1. The van der Waals surface area contributed by atoms with Crippen LogP contribution in [0.1, 0.15) is 88.5 Å². The first-order valence-corrected chi connectivity index (χ1v) is 21.1. The molecule has 54 heavy (non-hydrogen) atoms. The first-order chi connectivity index (χ1) is 26.7. The predicted octanol–water partition coefficient (Wildman–Crippen LogP) is 11.9. The fourth-order valence-electron chi connectivity index (χ4n) is 11.5. The Balaban J connectivity index is 0.868. The van der Waals surface area contributed by atoms with Gasteiger partial charge in [-0.15, -0.1) is 5.73 Å². The Kier molecular flexibility index (Phi) is 9.18. The highest BCUT2D eigenvalue weighted by atomic mass is 16.5. The van der Waals surface area contributed by atoms with E-state index >= 15 is 0 Å². The molecule has 0 amide bonds. The van der Waals surface area contributed by atoms with Crippen molar-refractivity contribution in [2.24, 2.45) is 17.8 Å². The fraction of sp³-hybridized carbons (Fsp3) is 0.392. The number of fused-ring (bicyclic) bond motifs is 6. The number of nitrogens with zero attached hydrogens (tertiary/aromatic N) is 2. The Morgan fingerprint density at radius 3 is 2.85 bits per heavy atom. The largest absolute Gasteiger partial charge is 0.370 e. The maximum Gasteiger partial charge on any atom is 0.0829 e. The molecule has 1 aromatic carbocycles. The van der Waals surface area contributed by atoms with Gasteiger partial charge in [0.1, 0.15) is 0 Å². The number of hydrogen-bond donors (Lipinski definition) is 0. The molecule has 9 aliphatic rings. The lowest BCUT2D eigenvalue weighted by atomic mass is 9.72. The molecule has 3 heteroatoms. The number of para-hydroxylation sites is 1. The van der Waals surface area contributed by atoms with Gasteiger partial charge in [0.15, 0.2) is 0 Å². The third-order valence-electron chi connectivity index (χ3n) is 14.0. The smallest absolute Gasteiger partial charge is 0.0829 e. The number of allylic oxidation sites excluding steroid dienone is 18. The van der Waals surface area contributed by atoms with Crippen LogP contribution in [0.25, 0.3) is 0 Å². The lowest BCUT2D eigenvalue weighted by Crippen LogP contribution is -2.47. The van der Waals surface area contributed by atoms with E-state index in [1.165, 1.54) is 90.8 Å². The molecule has 3 nitrogen and oxygen atoms in total. The molecule has 8 atom stereocenters. The van der Waals surface area contributed by atoms with Crippen LogP contribution < -0.4 is 4.90 Å². The van der Waals surface area contributed by atoms with Crippen molar-refractivity contribution in [3.63, 3.8) is 0 Å². The van der Waals surface area contributed by atoms with Crippen LogP contribution >= 0.6 is 0 Å². The van der Waals surface area contributed by atoms with E-state index in [0.717, 1.165) is 25.7 Å². The molecule has 274 valence electrons. The van der Waals surface area contributed by atoms with Crippen LogP contribution in [0.2, 0.25) is 0 Å². The standard InChI is InChI=1S/C51H54N2O/c1-2-35(25-27-41-32-39-15-10-12-22-47(39)52(41)40-18-6-3-4-7-19-40)36-16-14-17-37(31-36)38-26-29-50-45(33-38)46-34-42(28-30-51(46)54-50)53-48-23-9-5-8-20-43(48)44-21-11-13-24-49(44)53/h2-3,6-7,10-11,13-19,21,24-27,29,33,37,42-43,45-46,48,50-51H,1,5,8-9,12,20,22-23,28,30-32,34H2/b35-25+,41-27+/t37?,42?,43?,45?,46?,48?,50?,51-/m0/s1. The van der Waals surface area contributed by atoms with Gasteiger partial charge in [-0.25, -0.2) is 0 Å². The second-order valence-electron chi connectivity index (χ2n) is 16.9. The molecule has 3 aliphatic heterocycles. The van der Waals surface area contributed by atoms with E-state index in [-0.39, 0.29) is 6.10 Å². The van der Waals surface area contributed by atoms with Crippen molar-refractivity contribution in [1.82, 2.24) is 4.90 Å². The van der Waals surface area contributed by atoms with E-state index in [1.807, 2.05) is 12.2 Å². The van der Waals surface area contributed by atoms with Crippen LogP contribution in [0.15, 0.2) is 173 Å². The summed E-state index contributed by atoms with van der Waals surface area (Å²) in [5, 5.41) is 0. The Hall–Kier alpha value is -4.56. The number of hydrogen-bond acceptors (Lipinski definition) is 3. The summed E-state index contributed by atoms with van der Waals surface area (Å²) in [5.74, 6) is 2.11. The van der Waals surface area contributed by atoms with Crippen LogP contribution in [0.4, 0.5) is 5.69 Å². The minimum absolute atomic E-state index is 0.213. The second kappa shape index (κ2) is 14.6. The van der Waals surface area contributed by atoms with Gasteiger partial charge in [-0.05, 0) is 122 Å². The van der Waals surface area contributed by atoms with Crippen molar-refractivity contribution in [3.05, 3.63) is 179 Å². The molecule has 6 aliphatic carbocycles. The van der Waals surface area contributed by atoms with Crippen LogP contribution in [-0.4, -0.2) is 29.2 Å². The van der Waals surface area contributed by atoms with Gasteiger partial charge >= 0.3 is 0 Å². The molecule has 0 bridgehead atoms. The Morgan fingerprint density at radius 1 is 0.944 bits per heavy atom. The minimum Gasteiger partial charge on any atom is -0.370 e. The van der Waals surface area contributed by atoms with E-state index in [1.54, 1.807) is 11.3 Å². The summed E-state index contributed by atoms with van der Waals surface area (Å²) in [6.45, 7) is 4.30. The minimum atomic E-state index is 0.213. The molecule has 2 saturated carbocycles. The maximum atomic E-state index is 6.83. The lowest BCUT2D eigenvalue weighted by Gasteiger charge is -2.43. The number of rotatable bonds is 6. The summed E-state index contributed by atoms with van der Waals surface area (Å²) in [4.78, 5) is 5.41. The van der Waals surface area contributed by atoms with Crippen molar-refractivity contribution < 1.29 is 4.74 Å². The molecule has 10 rings (SSSR count). The quantitative estimate of drug-likeness (QED) is 0.216. The Morgan fingerprint density at radius 2 is 1.89 bits per heavy atom. The van der Waals surface area contributed by atoms with Gasteiger partial charge in [-0.3, -0.25) is 0 Å². The highest BCUT2D eigenvalue weighted by Crippen LogP contribution is 2.53. The number of ether oxygens (including phenoxy) is 1. The zero-order valence-electron chi connectivity index (χ0n) is 31.7. The highest BCUT2D eigenvalue weighted by molar-refractivity contribution is 5.63. The van der Waals surface area contributed by atoms with Crippen LogP contribution in [0, 0.1) is 17.8 Å². The SMILES string of the molecule is C=C/C(=C\C=C1/CC2=C(CCC=C2)N1C1=CC=C=CC=C1)C1=CC=CC(C2=CC3C(C=C2)O[C@H]2CCC(N4c5ccccc5C5CCCCCC54)CC32)C1. The molecule has 1 aromatic rings. The van der Waals surface area contributed by atoms with Gasteiger partial charge in [0.05, 0.1) is 12.2 Å². The molecule has 0 aromatic heterocycles. The van der Waals surface area contributed by atoms with Crippen molar-refractivity contribution in [2.75, 3.05) is 4.90 Å². The zero-order chi connectivity index (χ0) is 36.0. The summed E-state index contributed by atoms with van der Waals surface area (Å²) in [6, 6.07) is 10.7. The molecular formula is C51H54N2O. The average molecular weight is 711 g/mol. The first kappa shape index (κ1) is 34.0. The summed E-state index contributed by atoms with van der Waals surface area (Å²) in [7, 11) is 0. The van der Waals surface area contributed by atoms with E-state index < -0.39 is 0 Å². The van der Waals surface area contributed by atoms with Gasteiger partial charge in [0.25, 0.3) is 0 Å². The number of anilines is 1. The van der Waals surface area contributed by atoms with Crippen molar-refractivity contribution in [2.45, 2.75) is 107 Å². The molecule has 1 saturated heterocycles. The van der Waals surface area contributed by atoms with E-state index in [2.05, 4.69) is 131 Å². The fourth-order valence-corrected chi connectivity index (χ4v) is 11.5. The van der Waals surface area contributed by atoms with Crippen LogP contribution in [0.5, 0.6) is 0 Å². The first-order valence-electron chi connectivity index (χ1n) is 21.1. The lowest BCUT2D eigenvalue weighted by molar-refractivity contribution is 0.0331. The van der Waals surface area contributed by atoms with E-state index in [4.69, 9.17) is 4.74 Å². The third-order valence-corrected chi connectivity index (χ3v) is 14.0. The predicted molar refractivity (Wildman–Crippen MR) is 222 cm³/mol. The molecule has 0 radical (unpaired) electrons. The highest BCUT2D eigenvalue weighted by Gasteiger charge is 2.50. The van der Waals surface area contributed by atoms with Gasteiger partial charge in [0.2, 0.25) is 0 Å². The monoisotopic (exact) mass is 710 g/mol. The molecule has 0 N–H and O–H groups in total. The third kappa shape index (κ3) is 6.11. The molecule has 7 unspecified atom stereocenters. The van der Waals surface area contributed by atoms with Crippen molar-refractivity contribution in [3.8, 4) is 0 Å². The van der Waals surface area contributed by atoms with Gasteiger partial charge < -0.3 is 14.5 Å². The van der Waals surface area contributed by atoms with Gasteiger partial charge in [0, 0.05) is 59.0 Å². The topological polar surface area (TPSA) is 15.7 Å². The molecule has 3 heterocycles. The Bertz CT molecular complexity index is 2080. The van der Waals surface area contributed by atoms with Crippen molar-refractivity contribution in [1.29, 1.82) is 0 Å². The van der Waals surface area contributed by atoms with E-state index in [9.17, 15) is 0 Å². The van der Waals surface area contributed by atoms with Gasteiger partial charge in [-0.1, -0.05) is 111 Å².